The number of nitrogens with one attached hydrogen (secondary N) is 1. The number of carbonyl (C=O) groups excluding carboxylic acids is 1. The first-order chi connectivity index (χ1) is 11.5. The summed E-state index contributed by atoms with van der Waals surface area (Å²) in [5.41, 5.74) is 2.83. The summed E-state index contributed by atoms with van der Waals surface area (Å²) in [6.45, 7) is -0.107. The first-order valence-corrected chi connectivity index (χ1v) is 7.73. The van der Waals surface area contributed by atoms with E-state index in [9.17, 15) is 9.59 Å². The summed E-state index contributed by atoms with van der Waals surface area (Å²) in [6.07, 6.45) is 3.01. The third kappa shape index (κ3) is 4.45. The Morgan fingerprint density at radius 2 is 2.00 bits per heavy atom. The highest BCUT2D eigenvalue weighted by Crippen LogP contribution is 2.32. The highest BCUT2D eigenvalue weighted by molar-refractivity contribution is 9.10. The van der Waals surface area contributed by atoms with Gasteiger partial charge in [0.1, 0.15) is 6.54 Å². The molecular weight excluding hydrogens is 378 g/mol. The SMILES string of the molecule is COc1cc(Br)c(/C=N\NC(=O)Cn2ccccc2=O)cc1OC. The van der Waals surface area contributed by atoms with Crippen LogP contribution in [0.5, 0.6) is 11.5 Å². The van der Waals surface area contributed by atoms with E-state index in [1.807, 2.05) is 0 Å². The van der Waals surface area contributed by atoms with Crippen LogP contribution in [0.3, 0.4) is 0 Å². The molecule has 1 aromatic carbocycles. The lowest BCUT2D eigenvalue weighted by atomic mass is 10.2. The Morgan fingerprint density at radius 3 is 2.67 bits per heavy atom. The Balaban J connectivity index is 2.05. The predicted octanol–water partition coefficient (Wildman–Crippen LogP) is 1.78. The standard InChI is InChI=1S/C16H16BrN3O4/c1-23-13-7-11(12(17)8-14(13)24-2)9-18-19-15(21)10-20-6-4-3-5-16(20)22/h3-9H,10H2,1-2H3,(H,19,21)/b18-9-. The third-order valence-corrected chi connectivity index (χ3v) is 3.80. The van der Waals surface area contributed by atoms with Crippen molar-refractivity contribution in [2.45, 2.75) is 6.54 Å². The summed E-state index contributed by atoms with van der Waals surface area (Å²) >= 11 is 3.40. The Morgan fingerprint density at radius 1 is 1.29 bits per heavy atom. The molecule has 0 aliphatic rings. The van der Waals surface area contributed by atoms with Gasteiger partial charge < -0.3 is 14.0 Å². The van der Waals surface area contributed by atoms with Gasteiger partial charge in [-0.1, -0.05) is 6.07 Å². The molecule has 1 heterocycles. The summed E-state index contributed by atoms with van der Waals surface area (Å²) in [6, 6.07) is 8.14. The largest absolute Gasteiger partial charge is 0.493 e. The van der Waals surface area contributed by atoms with Crippen molar-refractivity contribution in [3.05, 3.63) is 56.9 Å². The number of carbonyl (C=O) groups is 1. The number of benzene rings is 1. The smallest absolute Gasteiger partial charge is 0.260 e. The molecule has 1 aromatic heterocycles. The Hall–Kier alpha value is -2.61. The summed E-state index contributed by atoms with van der Waals surface area (Å²) < 4.78 is 12.4. The number of hydrogen-bond donors (Lipinski definition) is 1. The van der Waals surface area contributed by atoms with Gasteiger partial charge in [0.2, 0.25) is 0 Å². The van der Waals surface area contributed by atoms with E-state index in [1.165, 1.54) is 30.2 Å². The zero-order valence-corrected chi connectivity index (χ0v) is 14.7. The number of hydrogen-bond acceptors (Lipinski definition) is 5. The van der Waals surface area contributed by atoms with Crippen LogP contribution in [0.1, 0.15) is 5.56 Å². The zero-order chi connectivity index (χ0) is 17.5. The minimum Gasteiger partial charge on any atom is -0.493 e. The summed E-state index contributed by atoms with van der Waals surface area (Å²) in [7, 11) is 3.08. The first kappa shape index (κ1) is 17.7. The van der Waals surface area contributed by atoms with E-state index >= 15 is 0 Å². The lowest BCUT2D eigenvalue weighted by molar-refractivity contribution is -0.121. The van der Waals surface area contributed by atoms with E-state index in [2.05, 4.69) is 26.5 Å². The van der Waals surface area contributed by atoms with Gasteiger partial charge in [0.05, 0.1) is 20.4 Å². The summed E-state index contributed by atoms with van der Waals surface area (Å²) in [5.74, 6) is 0.717. The maximum absolute atomic E-state index is 11.8. The topological polar surface area (TPSA) is 81.9 Å². The van der Waals surface area contributed by atoms with Gasteiger partial charge in [-0.25, -0.2) is 5.43 Å². The van der Waals surface area contributed by atoms with E-state index < -0.39 is 5.91 Å². The van der Waals surface area contributed by atoms with Crippen LogP contribution in [-0.2, 0) is 11.3 Å². The second-order valence-corrected chi connectivity index (χ2v) is 5.54. The number of amides is 1. The van der Waals surface area contributed by atoms with E-state index in [4.69, 9.17) is 9.47 Å². The molecule has 8 heteroatoms. The molecule has 0 aliphatic heterocycles. The Kier molecular flexibility index (Phi) is 6.14. The molecule has 0 fully saturated rings. The zero-order valence-electron chi connectivity index (χ0n) is 13.2. The van der Waals surface area contributed by atoms with Gasteiger partial charge in [0, 0.05) is 22.3 Å². The van der Waals surface area contributed by atoms with Crippen molar-refractivity contribution in [2.24, 2.45) is 5.10 Å². The first-order valence-electron chi connectivity index (χ1n) is 6.94. The molecular formula is C16H16BrN3O4. The molecule has 0 atom stereocenters. The number of nitrogens with zero attached hydrogens (tertiary/aromatic N) is 2. The molecule has 0 saturated heterocycles. The van der Waals surface area contributed by atoms with E-state index in [0.717, 1.165) is 4.47 Å². The van der Waals surface area contributed by atoms with Crippen molar-refractivity contribution in [2.75, 3.05) is 14.2 Å². The third-order valence-electron chi connectivity index (χ3n) is 3.11. The van der Waals surface area contributed by atoms with Crippen LogP contribution >= 0.6 is 15.9 Å². The number of ether oxygens (including phenoxy) is 2. The highest BCUT2D eigenvalue weighted by Gasteiger charge is 2.08. The summed E-state index contributed by atoms with van der Waals surface area (Å²) in [4.78, 5) is 23.4. The molecule has 7 nitrogen and oxygen atoms in total. The number of hydrazone groups is 1. The van der Waals surface area contributed by atoms with Crippen LogP contribution in [0.4, 0.5) is 0 Å². The highest BCUT2D eigenvalue weighted by atomic mass is 79.9. The number of aromatic nitrogens is 1. The average Bonchev–Trinajstić information content (AvgIpc) is 2.58. The molecule has 2 rings (SSSR count). The van der Waals surface area contributed by atoms with Crippen molar-refractivity contribution in [3.8, 4) is 11.5 Å². The summed E-state index contributed by atoms with van der Waals surface area (Å²) in [5, 5.41) is 3.89. The number of pyridine rings is 1. The molecule has 0 bridgehead atoms. The van der Waals surface area contributed by atoms with E-state index in [0.29, 0.717) is 17.1 Å². The van der Waals surface area contributed by atoms with Gasteiger partial charge in [-0.05, 0) is 34.1 Å². The van der Waals surface area contributed by atoms with Crippen molar-refractivity contribution >= 4 is 28.1 Å². The van der Waals surface area contributed by atoms with E-state index in [-0.39, 0.29) is 12.1 Å². The molecule has 0 radical (unpaired) electrons. The quantitative estimate of drug-likeness (QED) is 0.598. The lowest BCUT2D eigenvalue weighted by Crippen LogP contribution is -2.28. The molecule has 0 aliphatic carbocycles. The molecule has 2 aromatic rings. The Labute approximate surface area is 147 Å². The molecule has 0 saturated carbocycles. The second-order valence-electron chi connectivity index (χ2n) is 4.69. The maximum atomic E-state index is 11.8. The average molecular weight is 394 g/mol. The minimum absolute atomic E-state index is 0.107. The Bertz CT molecular complexity index is 817. The molecule has 126 valence electrons. The maximum Gasteiger partial charge on any atom is 0.260 e. The normalized spacial score (nSPS) is 10.6. The molecule has 24 heavy (non-hydrogen) atoms. The molecule has 0 unspecified atom stereocenters. The number of rotatable bonds is 6. The van der Waals surface area contributed by atoms with Crippen molar-refractivity contribution in [1.29, 1.82) is 0 Å². The van der Waals surface area contributed by atoms with Crippen LogP contribution in [-0.4, -0.2) is 30.9 Å². The monoisotopic (exact) mass is 393 g/mol. The van der Waals surface area contributed by atoms with Gasteiger partial charge in [-0.3, -0.25) is 9.59 Å². The fourth-order valence-electron chi connectivity index (χ4n) is 1.92. The minimum atomic E-state index is -0.406. The molecule has 1 N–H and O–H groups in total. The van der Waals surface area contributed by atoms with Crippen LogP contribution < -0.4 is 20.5 Å². The fourth-order valence-corrected chi connectivity index (χ4v) is 2.35. The fraction of sp³-hybridized carbons (Fsp3) is 0.188. The molecule has 1 amide bonds. The predicted molar refractivity (Wildman–Crippen MR) is 93.7 cm³/mol. The van der Waals surface area contributed by atoms with Crippen molar-refractivity contribution in [3.63, 3.8) is 0 Å². The lowest BCUT2D eigenvalue weighted by Gasteiger charge is -2.09. The van der Waals surface area contributed by atoms with Gasteiger partial charge in [0.25, 0.3) is 11.5 Å². The van der Waals surface area contributed by atoms with Crippen LogP contribution in [0, 0.1) is 0 Å². The van der Waals surface area contributed by atoms with Crippen LogP contribution in [0.15, 0.2) is 50.9 Å². The number of halogens is 1. The number of methoxy groups -OCH3 is 2. The van der Waals surface area contributed by atoms with Crippen LogP contribution in [0.25, 0.3) is 0 Å². The second kappa shape index (κ2) is 8.30. The van der Waals surface area contributed by atoms with E-state index in [1.54, 1.807) is 31.4 Å². The van der Waals surface area contributed by atoms with Crippen molar-refractivity contribution < 1.29 is 14.3 Å². The van der Waals surface area contributed by atoms with Gasteiger partial charge in [-0.15, -0.1) is 0 Å². The van der Waals surface area contributed by atoms with Gasteiger partial charge in [-0.2, -0.15) is 5.10 Å². The van der Waals surface area contributed by atoms with Gasteiger partial charge >= 0.3 is 0 Å². The van der Waals surface area contributed by atoms with Crippen molar-refractivity contribution in [1.82, 2.24) is 9.99 Å². The van der Waals surface area contributed by atoms with Gasteiger partial charge in [0.15, 0.2) is 11.5 Å². The van der Waals surface area contributed by atoms with Crippen LogP contribution in [0.2, 0.25) is 0 Å². The molecule has 0 spiro atoms.